The molecule has 0 radical (unpaired) electrons. The number of ether oxygens (including phenoxy) is 2. The number of carboxylic acid groups (broad SMARTS) is 1. The molecular weight excluding hydrogens is 268 g/mol. The van der Waals surface area contributed by atoms with Crippen LogP contribution in [0, 0.1) is 0 Å². The largest absolute Gasteiger partial charge is 0.490 e. The summed E-state index contributed by atoms with van der Waals surface area (Å²) < 4.78 is 11.1. The fourth-order valence-electron chi connectivity index (χ4n) is 1.14. The molecule has 0 aromatic heterocycles. The van der Waals surface area contributed by atoms with Crippen LogP contribution in [0.25, 0.3) is 0 Å². The number of hydrogen-bond donors (Lipinski definition) is 1. The molecule has 1 aromatic rings. The van der Waals surface area contributed by atoms with Crippen LogP contribution >= 0.6 is 11.6 Å². The van der Waals surface area contributed by atoms with E-state index in [9.17, 15) is 0 Å². The Hall–Kier alpha value is -1.42. The van der Waals surface area contributed by atoms with Crippen molar-refractivity contribution in [2.24, 2.45) is 0 Å². The summed E-state index contributed by atoms with van der Waals surface area (Å²) in [5.74, 6) is 0.674. The highest BCUT2D eigenvalue weighted by Crippen LogP contribution is 2.30. The number of hydrogen-bond acceptors (Lipinski definition) is 3. The van der Waals surface area contributed by atoms with E-state index in [4.69, 9.17) is 31.0 Å². The molecule has 0 spiro atoms. The van der Waals surface area contributed by atoms with Gasteiger partial charge in [0.2, 0.25) is 0 Å². The summed E-state index contributed by atoms with van der Waals surface area (Å²) in [4.78, 5) is 9.00. The van der Waals surface area contributed by atoms with Crippen LogP contribution in [0.3, 0.4) is 0 Å². The van der Waals surface area contributed by atoms with Crippen molar-refractivity contribution in [3.8, 4) is 11.5 Å². The van der Waals surface area contributed by atoms with E-state index in [-0.39, 0.29) is 0 Å². The molecule has 0 aliphatic heterocycles. The van der Waals surface area contributed by atoms with E-state index >= 15 is 0 Å². The molecule has 5 heteroatoms. The molecule has 1 aromatic carbocycles. The molecule has 19 heavy (non-hydrogen) atoms. The van der Waals surface area contributed by atoms with Gasteiger partial charge in [-0.2, -0.15) is 0 Å². The number of aliphatic carboxylic acids is 1. The van der Waals surface area contributed by atoms with Gasteiger partial charge in [-0.25, -0.2) is 0 Å². The fourth-order valence-corrected chi connectivity index (χ4v) is 1.30. The van der Waals surface area contributed by atoms with E-state index in [0.717, 1.165) is 31.3 Å². The van der Waals surface area contributed by atoms with Gasteiger partial charge in [-0.1, -0.05) is 25.4 Å². The first-order chi connectivity index (χ1) is 9.01. The van der Waals surface area contributed by atoms with Crippen LogP contribution < -0.4 is 9.47 Å². The third-order valence-electron chi connectivity index (χ3n) is 1.83. The van der Waals surface area contributed by atoms with Crippen LogP contribution in [0.2, 0.25) is 5.02 Å². The molecule has 1 rings (SSSR count). The van der Waals surface area contributed by atoms with E-state index in [0.29, 0.717) is 18.2 Å². The lowest BCUT2D eigenvalue weighted by atomic mass is 10.3. The molecule has 0 aliphatic carbocycles. The molecule has 0 fully saturated rings. The second-order valence-electron chi connectivity index (χ2n) is 3.81. The van der Waals surface area contributed by atoms with Crippen molar-refractivity contribution < 1.29 is 19.4 Å². The third-order valence-corrected chi connectivity index (χ3v) is 2.06. The Morgan fingerprint density at radius 3 is 2.11 bits per heavy atom. The summed E-state index contributed by atoms with van der Waals surface area (Å²) in [6.45, 7) is 6.60. The Labute approximate surface area is 119 Å². The minimum absolute atomic E-state index is 0.671. The minimum atomic E-state index is -0.833. The Morgan fingerprint density at radius 1 is 1.16 bits per heavy atom. The number of benzene rings is 1. The van der Waals surface area contributed by atoms with E-state index in [1.165, 1.54) is 0 Å². The zero-order valence-corrected chi connectivity index (χ0v) is 12.4. The van der Waals surface area contributed by atoms with Gasteiger partial charge in [-0.05, 0) is 25.0 Å². The van der Waals surface area contributed by atoms with Gasteiger partial charge in [0.15, 0.2) is 11.5 Å². The Bertz CT molecular complexity index is 376. The van der Waals surface area contributed by atoms with Gasteiger partial charge >= 0.3 is 0 Å². The van der Waals surface area contributed by atoms with Crippen LogP contribution in [0.4, 0.5) is 0 Å². The van der Waals surface area contributed by atoms with E-state index in [1.807, 2.05) is 12.1 Å². The second kappa shape index (κ2) is 10.5. The Balaban J connectivity index is 0.000000711. The zero-order chi connectivity index (χ0) is 14.7. The molecule has 4 nitrogen and oxygen atoms in total. The van der Waals surface area contributed by atoms with Crippen LogP contribution in [-0.4, -0.2) is 24.3 Å². The SMILES string of the molecule is CC(=O)O.CCCOc1ccc(Cl)cc1OCCC. The Morgan fingerprint density at radius 2 is 1.63 bits per heavy atom. The molecular formula is C14H21ClO4. The van der Waals surface area contributed by atoms with E-state index in [1.54, 1.807) is 6.07 Å². The van der Waals surface area contributed by atoms with Gasteiger partial charge in [0.05, 0.1) is 13.2 Å². The monoisotopic (exact) mass is 288 g/mol. The first-order valence-electron chi connectivity index (χ1n) is 6.25. The minimum Gasteiger partial charge on any atom is -0.490 e. The highest BCUT2D eigenvalue weighted by atomic mass is 35.5. The molecule has 0 amide bonds. The van der Waals surface area contributed by atoms with Crippen molar-refractivity contribution >= 4 is 17.6 Å². The molecule has 0 atom stereocenters. The molecule has 108 valence electrons. The number of halogens is 1. The number of carbonyl (C=O) groups is 1. The van der Waals surface area contributed by atoms with Gasteiger partial charge in [0.1, 0.15) is 0 Å². The van der Waals surface area contributed by atoms with Crippen LogP contribution in [0.1, 0.15) is 33.6 Å². The normalized spacial score (nSPS) is 9.26. The summed E-state index contributed by atoms with van der Waals surface area (Å²) in [5, 5.41) is 8.09. The molecule has 0 heterocycles. The quantitative estimate of drug-likeness (QED) is 0.859. The predicted octanol–water partition coefficient (Wildman–Crippen LogP) is 4.01. The predicted molar refractivity (Wildman–Crippen MR) is 76.3 cm³/mol. The maximum atomic E-state index is 9.00. The fraction of sp³-hybridized carbons (Fsp3) is 0.500. The first-order valence-corrected chi connectivity index (χ1v) is 6.63. The summed E-state index contributed by atoms with van der Waals surface area (Å²) in [5.41, 5.74) is 0. The van der Waals surface area contributed by atoms with Crippen molar-refractivity contribution in [1.82, 2.24) is 0 Å². The molecule has 1 N–H and O–H groups in total. The van der Waals surface area contributed by atoms with Crippen LogP contribution in [-0.2, 0) is 4.79 Å². The van der Waals surface area contributed by atoms with Crippen molar-refractivity contribution in [3.63, 3.8) is 0 Å². The third kappa shape index (κ3) is 9.19. The van der Waals surface area contributed by atoms with Gasteiger partial charge in [0.25, 0.3) is 5.97 Å². The molecule has 0 saturated heterocycles. The van der Waals surface area contributed by atoms with Crippen molar-refractivity contribution in [2.45, 2.75) is 33.6 Å². The standard InChI is InChI=1S/C12H17ClO2.C2H4O2/c1-3-7-14-11-6-5-10(13)9-12(11)15-8-4-2;1-2(3)4/h5-6,9H,3-4,7-8H2,1-2H3;1H3,(H,3,4). The average molecular weight is 289 g/mol. The highest BCUT2D eigenvalue weighted by Gasteiger charge is 2.05. The van der Waals surface area contributed by atoms with Gasteiger partial charge in [-0.3, -0.25) is 4.79 Å². The molecule has 0 bridgehead atoms. The molecule has 0 aliphatic rings. The lowest BCUT2D eigenvalue weighted by molar-refractivity contribution is -0.134. The van der Waals surface area contributed by atoms with E-state index in [2.05, 4.69) is 13.8 Å². The summed E-state index contributed by atoms with van der Waals surface area (Å²) >= 11 is 5.89. The zero-order valence-electron chi connectivity index (χ0n) is 11.6. The number of rotatable bonds is 6. The first kappa shape index (κ1) is 17.6. The second-order valence-corrected chi connectivity index (χ2v) is 4.24. The van der Waals surface area contributed by atoms with E-state index < -0.39 is 5.97 Å². The smallest absolute Gasteiger partial charge is 0.300 e. The summed E-state index contributed by atoms with van der Waals surface area (Å²) in [6, 6.07) is 5.45. The lowest BCUT2D eigenvalue weighted by Crippen LogP contribution is -2.00. The molecule has 0 saturated carbocycles. The van der Waals surface area contributed by atoms with Gasteiger partial charge in [0, 0.05) is 18.0 Å². The Kier molecular flexibility index (Phi) is 9.71. The maximum Gasteiger partial charge on any atom is 0.300 e. The van der Waals surface area contributed by atoms with Crippen LogP contribution in [0.5, 0.6) is 11.5 Å². The number of carboxylic acids is 1. The van der Waals surface area contributed by atoms with Crippen molar-refractivity contribution in [2.75, 3.05) is 13.2 Å². The highest BCUT2D eigenvalue weighted by molar-refractivity contribution is 6.30. The summed E-state index contributed by atoms with van der Waals surface area (Å²) in [7, 11) is 0. The van der Waals surface area contributed by atoms with Gasteiger partial charge < -0.3 is 14.6 Å². The maximum absolute atomic E-state index is 9.00. The topological polar surface area (TPSA) is 55.8 Å². The van der Waals surface area contributed by atoms with Crippen molar-refractivity contribution in [3.05, 3.63) is 23.2 Å². The summed E-state index contributed by atoms with van der Waals surface area (Å²) in [6.07, 6.45) is 1.95. The van der Waals surface area contributed by atoms with Crippen LogP contribution in [0.15, 0.2) is 18.2 Å². The molecule has 0 unspecified atom stereocenters. The average Bonchev–Trinajstić information content (AvgIpc) is 2.34. The lowest BCUT2D eigenvalue weighted by Gasteiger charge is -2.11. The van der Waals surface area contributed by atoms with Crippen molar-refractivity contribution in [1.29, 1.82) is 0 Å². The van der Waals surface area contributed by atoms with Gasteiger partial charge in [-0.15, -0.1) is 0 Å².